The number of carbonyl (C=O) groups is 2. The Labute approximate surface area is 254 Å². The number of halogens is 7. The predicted octanol–water partition coefficient (Wildman–Crippen LogP) is 7.16. The van der Waals surface area contributed by atoms with Crippen molar-refractivity contribution in [1.29, 1.82) is 0 Å². The molecule has 2 amide bonds. The zero-order valence-corrected chi connectivity index (χ0v) is 24.2. The number of phenolic OH excluding ortho intramolecular Hbond substituents is 1. The molecule has 0 radical (unpaired) electrons. The van der Waals surface area contributed by atoms with E-state index < -0.39 is 83.5 Å². The summed E-state index contributed by atoms with van der Waals surface area (Å²) in [6.45, 7) is 3.63. The normalized spacial score (nSPS) is 24.4. The summed E-state index contributed by atoms with van der Waals surface area (Å²) in [6, 6.07) is 4.61. The lowest BCUT2D eigenvalue weighted by molar-refractivity contribution is -0.143. The third-order valence-corrected chi connectivity index (χ3v) is 8.75. The van der Waals surface area contributed by atoms with Crippen LogP contribution in [0.2, 0.25) is 6.32 Å². The SMILES string of the molecule is CCC1=C2[C@@H](CC/C(C)=C/c3ccc(O)c(F)c3)OB(O)C[C@@H]2[C@@H]2C(=O)N(c3cc(C(F)(F)F)cc(C(F)(F)F)c3)C(=O)[C@@H]2C1. The fourth-order valence-corrected chi connectivity index (χ4v) is 6.75. The Balaban J connectivity index is 1.46. The second-order valence-electron chi connectivity index (χ2n) is 11.7. The van der Waals surface area contributed by atoms with Crippen LogP contribution in [0.3, 0.4) is 0 Å². The summed E-state index contributed by atoms with van der Waals surface area (Å²) >= 11 is 0. The quantitative estimate of drug-likeness (QED) is 0.152. The van der Waals surface area contributed by atoms with E-state index in [0.717, 1.165) is 11.1 Å². The zero-order valence-electron chi connectivity index (χ0n) is 24.2. The lowest BCUT2D eigenvalue weighted by atomic mass is 9.58. The standard InChI is InChI=1S/C31H29BF7NO5/c1-3-17-10-21-27(29(43)40(28(21)42)20-12-18(30(34,35)36)11-19(13-20)31(37,38)39)22-14-32(44)45-25(26(17)22)7-4-15(2)8-16-5-6-24(41)23(33)9-16/h5-6,8-9,11-13,21-22,25,27,41,44H,3-4,7,10,14H2,1-2H3/b15-8+/t21-,22+,25-,27-/m1/s1. The van der Waals surface area contributed by atoms with E-state index in [9.17, 15) is 50.5 Å². The highest BCUT2D eigenvalue weighted by Crippen LogP contribution is 2.52. The van der Waals surface area contributed by atoms with E-state index >= 15 is 0 Å². The van der Waals surface area contributed by atoms with Crippen LogP contribution in [0.4, 0.5) is 36.4 Å². The maximum absolute atomic E-state index is 13.8. The predicted molar refractivity (Wildman–Crippen MR) is 150 cm³/mol. The molecule has 1 aliphatic carbocycles. The van der Waals surface area contributed by atoms with Gasteiger partial charge in [-0.05, 0) is 86.3 Å². The molecule has 0 bridgehead atoms. The van der Waals surface area contributed by atoms with E-state index in [1.807, 2.05) is 6.92 Å². The van der Waals surface area contributed by atoms with Crippen LogP contribution in [0.15, 0.2) is 53.1 Å². The highest BCUT2D eigenvalue weighted by atomic mass is 19.4. The minimum atomic E-state index is -5.17. The average Bonchev–Trinajstić information content (AvgIpc) is 3.21. The van der Waals surface area contributed by atoms with Gasteiger partial charge >= 0.3 is 19.5 Å². The van der Waals surface area contributed by atoms with E-state index in [4.69, 9.17) is 4.65 Å². The Morgan fingerprint density at radius 3 is 2.24 bits per heavy atom. The van der Waals surface area contributed by atoms with Gasteiger partial charge in [-0.25, -0.2) is 9.29 Å². The van der Waals surface area contributed by atoms with E-state index in [1.165, 1.54) is 18.2 Å². The number of rotatable bonds is 6. The molecule has 240 valence electrons. The largest absolute Gasteiger partial charge is 0.505 e. The number of phenols is 1. The topological polar surface area (TPSA) is 87.1 Å². The third-order valence-electron chi connectivity index (χ3n) is 8.75. The average molecular weight is 639 g/mol. The maximum atomic E-state index is 13.8. The van der Waals surface area contributed by atoms with Crippen molar-refractivity contribution in [3.05, 3.63) is 75.6 Å². The molecule has 0 spiro atoms. The number of benzene rings is 2. The van der Waals surface area contributed by atoms with Crippen molar-refractivity contribution in [2.75, 3.05) is 4.90 Å². The number of aromatic hydroxyl groups is 1. The van der Waals surface area contributed by atoms with Crippen molar-refractivity contribution in [1.82, 2.24) is 0 Å². The van der Waals surface area contributed by atoms with Crippen LogP contribution in [-0.2, 0) is 26.6 Å². The lowest BCUT2D eigenvalue weighted by Crippen LogP contribution is -2.46. The molecule has 2 aliphatic heterocycles. The van der Waals surface area contributed by atoms with Crippen LogP contribution in [-0.4, -0.2) is 35.2 Å². The van der Waals surface area contributed by atoms with Gasteiger partial charge in [-0.15, -0.1) is 0 Å². The summed E-state index contributed by atoms with van der Waals surface area (Å²) in [4.78, 5) is 27.8. The summed E-state index contributed by atoms with van der Waals surface area (Å²) in [5.41, 5.74) is -1.28. The van der Waals surface area contributed by atoms with Crippen LogP contribution in [0.5, 0.6) is 5.75 Å². The number of hydrogen-bond acceptors (Lipinski definition) is 5. The molecule has 0 unspecified atom stereocenters. The van der Waals surface area contributed by atoms with Gasteiger partial charge in [0.25, 0.3) is 0 Å². The van der Waals surface area contributed by atoms with E-state index in [0.29, 0.717) is 47.4 Å². The first-order chi connectivity index (χ1) is 21.0. The number of amides is 2. The molecule has 2 heterocycles. The number of alkyl halides is 6. The first kappa shape index (κ1) is 32.7. The highest BCUT2D eigenvalue weighted by molar-refractivity contribution is 6.43. The van der Waals surface area contributed by atoms with Gasteiger partial charge in [0.1, 0.15) is 0 Å². The third kappa shape index (κ3) is 6.39. The minimum absolute atomic E-state index is 0.0650. The summed E-state index contributed by atoms with van der Waals surface area (Å²) in [7, 11) is -1.33. The number of imide groups is 1. The molecule has 2 aromatic carbocycles. The molecule has 0 saturated carbocycles. The van der Waals surface area contributed by atoms with E-state index in [2.05, 4.69) is 0 Å². The van der Waals surface area contributed by atoms with Crippen molar-refractivity contribution >= 4 is 30.7 Å². The van der Waals surface area contributed by atoms with Gasteiger partial charge in [0.15, 0.2) is 11.6 Å². The molecular weight excluding hydrogens is 610 g/mol. The molecule has 5 rings (SSSR count). The molecule has 2 N–H and O–H groups in total. The summed E-state index contributed by atoms with van der Waals surface area (Å²) in [5.74, 6) is -5.93. The molecule has 45 heavy (non-hydrogen) atoms. The Bertz CT molecular complexity index is 1550. The summed E-state index contributed by atoms with van der Waals surface area (Å²) in [6.07, 6.45) is -8.12. The van der Waals surface area contributed by atoms with Crippen molar-refractivity contribution in [3.63, 3.8) is 0 Å². The van der Waals surface area contributed by atoms with Gasteiger partial charge in [-0.1, -0.05) is 30.2 Å². The monoisotopic (exact) mass is 639 g/mol. The number of nitrogens with zero attached hydrogens (tertiary/aromatic N) is 1. The van der Waals surface area contributed by atoms with E-state index in [1.54, 1.807) is 13.0 Å². The van der Waals surface area contributed by atoms with Gasteiger partial charge in [-0.3, -0.25) is 9.59 Å². The number of anilines is 1. The fourth-order valence-electron chi connectivity index (χ4n) is 6.75. The smallest absolute Gasteiger partial charge is 0.455 e. The summed E-state index contributed by atoms with van der Waals surface area (Å²) in [5, 5.41) is 20.1. The van der Waals surface area contributed by atoms with Crippen LogP contribution in [0.25, 0.3) is 6.08 Å². The van der Waals surface area contributed by atoms with Crippen LogP contribution < -0.4 is 4.90 Å². The van der Waals surface area contributed by atoms with E-state index in [-0.39, 0.29) is 18.8 Å². The second kappa shape index (κ2) is 11.9. The molecule has 4 atom stereocenters. The van der Waals surface area contributed by atoms with Crippen molar-refractivity contribution in [3.8, 4) is 5.75 Å². The molecule has 6 nitrogen and oxygen atoms in total. The molecule has 2 fully saturated rings. The molecule has 2 aromatic rings. The maximum Gasteiger partial charge on any atom is 0.455 e. The Hall–Kier alpha value is -3.65. The van der Waals surface area contributed by atoms with Crippen LogP contribution in [0.1, 0.15) is 56.2 Å². The Morgan fingerprint density at radius 1 is 1.02 bits per heavy atom. The number of carbonyl (C=O) groups excluding carboxylic acids is 2. The van der Waals surface area contributed by atoms with Crippen molar-refractivity contribution in [2.24, 2.45) is 17.8 Å². The second-order valence-corrected chi connectivity index (χ2v) is 11.7. The zero-order chi connectivity index (χ0) is 33.0. The van der Waals surface area contributed by atoms with Crippen LogP contribution in [0, 0.1) is 23.6 Å². The van der Waals surface area contributed by atoms with Gasteiger partial charge in [-0.2, -0.15) is 26.3 Å². The molecular formula is C31H29BF7NO5. The first-order valence-electron chi connectivity index (χ1n) is 14.4. The van der Waals surface area contributed by atoms with Gasteiger partial charge in [0, 0.05) is 0 Å². The van der Waals surface area contributed by atoms with Crippen LogP contribution >= 0.6 is 0 Å². The number of allylic oxidation sites excluding steroid dienone is 2. The highest BCUT2D eigenvalue weighted by Gasteiger charge is 2.57. The molecule has 0 aromatic heterocycles. The van der Waals surface area contributed by atoms with Gasteiger partial charge in [0.05, 0.1) is 34.8 Å². The van der Waals surface area contributed by atoms with Gasteiger partial charge in [0.2, 0.25) is 11.8 Å². The molecule has 14 heteroatoms. The van der Waals surface area contributed by atoms with Crippen molar-refractivity contribution in [2.45, 2.75) is 64.3 Å². The number of fused-ring (bicyclic) bond motifs is 3. The number of hydrogen-bond donors (Lipinski definition) is 2. The molecule has 3 aliphatic rings. The summed E-state index contributed by atoms with van der Waals surface area (Å²) < 4.78 is 101. The fraction of sp³-hybridized carbons (Fsp3) is 0.419. The van der Waals surface area contributed by atoms with Gasteiger partial charge < -0.3 is 14.8 Å². The minimum Gasteiger partial charge on any atom is -0.505 e. The Morgan fingerprint density at radius 2 is 1.67 bits per heavy atom. The molecule has 2 saturated heterocycles. The Kier molecular flexibility index (Phi) is 8.69. The first-order valence-corrected chi connectivity index (χ1v) is 14.4. The lowest BCUT2D eigenvalue weighted by Gasteiger charge is -2.43. The van der Waals surface area contributed by atoms with Crippen molar-refractivity contribution < 1.29 is 55.1 Å².